The van der Waals surface area contributed by atoms with E-state index in [0.29, 0.717) is 0 Å². The van der Waals surface area contributed by atoms with Crippen molar-refractivity contribution in [1.29, 1.82) is 0 Å². The summed E-state index contributed by atoms with van der Waals surface area (Å²) < 4.78 is 9.30. The van der Waals surface area contributed by atoms with Crippen LogP contribution in [0.4, 0.5) is 0 Å². The molecule has 0 aliphatic heterocycles. The number of aromatic nitrogens is 1. The number of carboxylic acid groups (broad SMARTS) is 1. The van der Waals surface area contributed by atoms with E-state index < -0.39 is 11.9 Å². The fraction of sp³-hybridized carbons (Fsp3) is 0.222. The molecule has 0 atom stereocenters. The van der Waals surface area contributed by atoms with Gasteiger partial charge in [-0.05, 0) is 0 Å². The molecule has 1 aromatic heterocycles. The van der Waals surface area contributed by atoms with Gasteiger partial charge in [0.25, 0.3) is 0 Å². The molecular weight excluding hydrogens is 202 g/mol. The Hall–Kier alpha value is -2.11. The normalized spacial score (nSPS) is 9.47. The van der Waals surface area contributed by atoms with Crippen molar-refractivity contribution >= 4 is 11.9 Å². The predicted octanol–water partition coefficient (Wildman–Crippen LogP) is 0.575. The highest BCUT2D eigenvalue weighted by Gasteiger charge is 2.20. The Morgan fingerprint density at radius 3 is 2.33 bits per heavy atom. The van der Waals surface area contributed by atoms with Crippen LogP contribution in [0.2, 0.25) is 0 Å². The summed E-state index contributed by atoms with van der Waals surface area (Å²) in [6, 6.07) is 0. The number of methoxy groups -OCH3 is 2. The lowest BCUT2D eigenvalue weighted by Crippen LogP contribution is -2.09. The minimum absolute atomic E-state index is 0.0140. The average molecular weight is 211 g/mol. The van der Waals surface area contributed by atoms with Gasteiger partial charge < -0.3 is 14.6 Å². The maximum Gasteiger partial charge on any atom is 0.343 e. The van der Waals surface area contributed by atoms with Crippen LogP contribution in [0.1, 0.15) is 20.7 Å². The molecule has 0 radical (unpaired) electrons. The number of ether oxygens (including phenoxy) is 2. The number of hydrogen-bond donors (Lipinski definition) is 1. The van der Waals surface area contributed by atoms with Crippen molar-refractivity contribution in [3.63, 3.8) is 0 Å². The van der Waals surface area contributed by atoms with Gasteiger partial charge in [-0.3, -0.25) is 4.98 Å². The average Bonchev–Trinajstić information content (AvgIpc) is 2.26. The van der Waals surface area contributed by atoms with E-state index in [1.165, 1.54) is 20.4 Å². The third-order valence-electron chi connectivity index (χ3n) is 1.74. The van der Waals surface area contributed by atoms with E-state index in [-0.39, 0.29) is 16.9 Å². The van der Waals surface area contributed by atoms with Crippen molar-refractivity contribution in [3.8, 4) is 5.75 Å². The maximum atomic E-state index is 11.2. The lowest BCUT2D eigenvalue weighted by molar-refractivity contribution is 0.0596. The highest BCUT2D eigenvalue weighted by molar-refractivity contribution is 5.98. The molecule has 1 N–H and O–H groups in total. The fourth-order valence-corrected chi connectivity index (χ4v) is 1.08. The Morgan fingerprint density at radius 2 is 1.87 bits per heavy atom. The van der Waals surface area contributed by atoms with E-state index in [1.54, 1.807) is 0 Å². The first-order valence-electron chi connectivity index (χ1n) is 3.95. The summed E-state index contributed by atoms with van der Waals surface area (Å²) in [5.41, 5.74) is -0.194. The number of esters is 1. The van der Waals surface area contributed by atoms with Crippen LogP contribution in [-0.2, 0) is 4.74 Å². The number of carboxylic acids is 1. The molecule has 0 aliphatic carbocycles. The standard InChI is InChI=1S/C9H9NO5/c1-14-7-5(8(11)12)3-10-4-6(7)9(13)15-2/h3-4H,1-2H3,(H,11,12). The molecule has 0 saturated carbocycles. The number of aromatic carboxylic acids is 1. The summed E-state index contributed by atoms with van der Waals surface area (Å²) in [6.07, 6.45) is 2.30. The van der Waals surface area contributed by atoms with Crippen LogP contribution in [-0.4, -0.2) is 36.2 Å². The van der Waals surface area contributed by atoms with Gasteiger partial charge in [-0.25, -0.2) is 9.59 Å². The van der Waals surface area contributed by atoms with Gasteiger partial charge in [0.15, 0.2) is 5.75 Å². The molecule has 1 aromatic rings. The number of carbonyl (C=O) groups excluding carboxylic acids is 1. The summed E-state index contributed by atoms with van der Waals surface area (Å²) >= 11 is 0. The van der Waals surface area contributed by atoms with Gasteiger partial charge in [0.1, 0.15) is 11.1 Å². The van der Waals surface area contributed by atoms with Crippen LogP contribution in [0.25, 0.3) is 0 Å². The smallest absolute Gasteiger partial charge is 0.343 e. The summed E-state index contributed by atoms with van der Waals surface area (Å²) in [7, 11) is 2.46. The first-order valence-corrected chi connectivity index (χ1v) is 3.95. The second-order valence-corrected chi connectivity index (χ2v) is 2.56. The molecule has 0 spiro atoms. The minimum atomic E-state index is -1.22. The summed E-state index contributed by atoms with van der Waals surface area (Å²) in [5, 5.41) is 8.80. The summed E-state index contributed by atoms with van der Waals surface area (Å²) in [5.74, 6) is -1.96. The number of carbonyl (C=O) groups is 2. The second-order valence-electron chi connectivity index (χ2n) is 2.56. The van der Waals surface area contributed by atoms with Crippen molar-refractivity contribution in [2.75, 3.05) is 14.2 Å². The van der Waals surface area contributed by atoms with Crippen molar-refractivity contribution < 1.29 is 24.2 Å². The zero-order valence-corrected chi connectivity index (χ0v) is 8.18. The van der Waals surface area contributed by atoms with Crippen LogP contribution in [0.15, 0.2) is 12.4 Å². The number of rotatable bonds is 3. The quantitative estimate of drug-likeness (QED) is 0.736. The molecule has 1 rings (SSSR count). The topological polar surface area (TPSA) is 85.7 Å². The van der Waals surface area contributed by atoms with E-state index in [0.717, 1.165) is 6.20 Å². The van der Waals surface area contributed by atoms with Gasteiger partial charge in [0.2, 0.25) is 0 Å². The van der Waals surface area contributed by atoms with E-state index >= 15 is 0 Å². The lowest BCUT2D eigenvalue weighted by atomic mass is 10.2. The minimum Gasteiger partial charge on any atom is -0.495 e. The molecule has 6 nitrogen and oxygen atoms in total. The van der Waals surface area contributed by atoms with E-state index in [2.05, 4.69) is 9.72 Å². The highest BCUT2D eigenvalue weighted by Crippen LogP contribution is 2.23. The third kappa shape index (κ3) is 2.04. The number of hydrogen-bond acceptors (Lipinski definition) is 5. The van der Waals surface area contributed by atoms with Crippen molar-refractivity contribution in [1.82, 2.24) is 4.98 Å². The molecule has 1 heterocycles. The van der Waals surface area contributed by atoms with Crippen molar-refractivity contribution in [2.24, 2.45) is 0 Å². The van der Waals surface area contributed by atoms with Crippen LogP contribution in [0.5, 0.6) is 5.75 Å². The van der Waals surface area contributed by atoms with Crippen LogP contribution in [0.3, 0.4) is 0 Å². The van der Waals surface area contributed by atoms with E-state index in [9.17, 15) is 9.59 Å². The molecule has 0 bridgehead atoms. The Kier molecular flexibility index (Phi) is 3.22. The summed E-state index contributed by atoms with van der Waals surface area (Å²) in [6.45, 7) is 0. The molecular formula is C9H9NO5. The van der Waals surface area contributed by atoms with Gasteiger partial charge in [0, 0.05) is 12.4 Å². The van der Waals surface area contributed by atoms with Crippen molar-refractivity contribution in [3.05, 3.63) is 23.5 Å². The SMILES string of the molecule is COC(=O)c1cncc(C(=O)O)c1OC. The van der Waals surface area contributed by atoms with Crippen LogP contribution < -0.4 is 4.74 Å². The molecule has 0 aromatic carbocycles. The Balaban J connectivity index is 3.34. The number of pyridine rings is 1. The van der Waals surface area contributed by atoms with Crippen LogP contribution in [0, 0.1) is 0 Å². The molecule has 0 unspecified atom stereocenters. The first kappa shape index (κ1) is 11.0. The molecule has 0 saturated heterocycles. The second kappa shape index (κ2) is 4.41. The predicted molar refractivity (Wildman–Crippen MR) is 49.1 cm³/mol. The molecule has 80 valence electrons. The van der Waals surface area contributed by atoms with Gasteiger partial charge in [-0.15, -0.1) is 0 Å². The van der Waals surface area contributed by atoms with Gasteiger partial charge >= 0.3 is 11.9 Å². The maximum absolute atomic E-state index is 11.2. The third-order valence-corrected chi connectivity index (χ3v) is 1.74. The molecule has 0 fully saturated rings. The summed E-state index contributed by atoms with van der Waals surface area (Å²) in [4.78, 5) is 25.6. The fourth-order valence-electron chi connectivity index (χ4n) is 1.08. The number of nitrogens with zero attached hydrogens (tertiary/aromatic N) is 1. The van der Waals surface area contributed by atoms with Crippen molar-refractivity contribution in [2.45, 2.75) is 0 Å². The van der Waals surface area contributed by atoms with Crippen LogP contribution >= 0.6 is 0 Å². The van der Waals surface area contributed by atoms with Gasteiger partial charge in [-0.1, -0.05) is 0 Å². The zero-order chi connectivity index (χ0) is 11.4. The Labute approximate surface area is 85.5 Å². The molecule has 6 heteroatoms. The van der Waals surface area contributed by atoms with Gasteiger partial charge in [-0.2, -0.15) is 0 Å². The van der Waals surface area contributed by atoms with E-state index in [1.807, 2.05) is 0 Å². The lowest BCUT2D eigenvalue weighted by Gasteiger charge is -2.08. The monoisotopic (exact) mass is 211 g/mol. The van der Waals surface area contributed by atoms with Gasteiger partial charge in [0.05, 0.1) is 14.2 Å². The first-order chi connectivity index (χ1) is 7.11. The molecule has 0 aliphatic rings. The molecule has 0 amide bonds. The Bertz CT molecular complexity index is 401. The zero-order valence-electron chi connectivity index (χ0n) is 8.18. The molecule has 15 heavy (non-hydrogen) atoms. The van der Waals surface area contributed by atoms with E-state index in [4.69, 9.17) is 9.84 Å². The highest BCUT2D eigenvalue weighted by atomic mass is 16.5. The Morgan fingerprint density at radius 1 is 1.27 bits per heavy atom. The largest absolute Gasteiger partial charge is 0.495 e.